The second-order valence-corrected chi connectivity index (χ2v) is 7.22. The van der Waals surface area contributed by atoms with Crippen molar-refractivity contribution in [1.29, 1.82) is 0 Å². The van der Waals surface area contributed by atoms with Crippen molar-refractivity contribution < 1.29 is 9.59 Å². The first-order valence-electron chi connectivity index (χ1n) is 8.64. The highest BCUT2D eigenvalue weighted by Crippen LogP contribution is 2.39. The number of carbonyl (C=O) groups is 2. The Morgan fingerprint density at radius 3 is 2.22 bits per heavy atom. The molecule has 3 amide bonds. The molecule has 0 bridgehead atoms. The SMILES string of the molecule is CC(C)c1ccc(CN2C(=O)N(C)C3(CCCCC3)C2=O)cc1. The van der Waals surface area contributed by atoms with Crippen LogP contribution in [0.15, 0.2) is 24.3 Å². The number of amides is 3. The first-order chi connectivity index (χ1) is 11.0. The lowest BCUT2D eigenvalue weighted by molar-refractivity contribution is -0.134. The van der Waals surface area contributed by atoms with Crippen LogP contribution >= 0.6 is 0 Å². The van der Waals surface area contributed by atoms with Gasteiger partial charge >= 0.3 is 6.03 Å². The molecule has 1 saturated carbocycles. The smallest absolute Gasteiger partial charge is 0.313 e. The van der Waals surface area contributed by atoms with Gasteiger partial charge in [-0.1, -0.05) is 57.4 Å². The van der Waals surface area contributed by atoms with Crippen LogP contribution < -0.4 is 0 Å². The number of hydrogen-bond acceptors (Lipinski definition) is 2. The van der Waals surface area contributed by atoms with Crippen LogP contribution in [0.1, 0.15) is 63.0 Å². The molecule has 1 aromatic carbocycles. The van der Waals surface area contributed by atoms with E-state index in [0.717, 1.165) is 37.7 Å². The Morgan fingerprint density at radius 2 is 1.65 bits per heavy atom. The third kappa shape index (κ3) is 2.64. The maximum Gasteiger partial charge on any atom is 0.327 e. The minimum atomic E-state index is -0.576. The molecule has 4 heteroatoms. The highest BCUT2D eigenvalue weighted by Gasteiger charge is 2.55. The molecule has 1 aliphatic carbocycles. The van der Waals surface area contributed by atoms with Crippen molar-refractivity contribution in [2.24, 2.45) is 0 Å². The van der Waals surface area contributed by atoms with Gasteiger partial charge in [0, 0.05) is 7.05 Å². The van der Waals surface area contributed by atoms with E-state index in [9.17, 15) is 9.59 Å². The van der Waals surface area contributed by atoms with Gasteiger partial charge in [-0.15, -0.1) is 0 Å². The number of nitrogens with zero attached hydrogens (tertiary/aromatic N) is 2. The van der Waals surface area contributed by atoms with E-state index in [0.29, 0.717) is 12.5 Å². The van der Waals surface area contributed by atoms with Crippen molar-refractivity contribution in [1.82, 2.24) is 9.80 Å². The van der Waals surface area contributed by atoms with Gasteiger partial charge in [0.15, 0.2) is 0 Å². The minimum Gasteiger partial charge on any atom is -0.313 e. The number of imide groups is 1. The molecule has 1 spiro atoms. The Kier molecular flexibility index (Phi) is 4.17. The molecule has 1 aromatic rings. The van der Waals surface area contributed by atoms with Crippen LogP contribution in [0, 0.1) is 0 Å². The molecule has 0 aromatic heterocycles. The molecule has 0 unspecified atom stereocenters. The van der Waals surface area contributed by atoms with Crippen molar-refractivity contribution in [2.45, 2.75) is 64.0 Å². The first-order valence-corrected chi connectivity index (χ1v) is 8.64. The minimum absolute atomic E-state index is 0.00219. The van der Waals surface area contributed by atoms with Crippen molar-refractivity contribution in [3.8, 4) is 0 Å². The number of hydrogen-bond donors (Lipinski definition) is 0. The Balaban J connectivity index is 1.80. The molecule has 1 heterocycles. The Bertz CT molecular complexity index is 600. The van der Waals surface area contributed by atoms with Crippen LogP contribution in [-0.2, 0) is 11.3 Å². The van der Waals surface area contributed by atoms with E-state index in [4.69, 9.17) is 0 Å². The van der Waals surface area contributed by atoms with Crippen LogP contribution in [0.5, 0.6) is 0 Å². The Morgan fingerprint density at radius 1 is 1.04 bits per heavy atom. The summed E-state index contributed by atoms with van der Waals surface area (Å²) in [5, 5.41) is 0. The predicted octanol–water partition coefficient (Wildman–Crippen LogP) is 3.91. The summed E-state index contributed by atoms with van der Waals surface area (Å²) < 4.78 is 0. The van der Waals surface area contributed by atoms with E-state index in [1.54, 1.807) is 11.9 Å². The number of likely N-dealkylation sites (N-methyl/N-ethyl adjacent to an activating group) is 1. The van der Waals surface area contributed by atoms with Crippen LogP contribution in [-0.4, -0.2) is 34.3 Å². The van der Waals surface area contributed by atoms with E-state index in [1.807, 2.05) is 12.1 Å². The van der Waals surface area contributed by atoms with Gasteiger partial charge in [0.2, 0.25) is 0 Å². The van der Waals surface area contributed by atoms with Gasteiger partial charge in [-0.05, 0) is 29.9 Å². The molecular formula is C19H26N2O2. The molecule has 23 heavy (non-hydrogen) atoms. The topological polar surface area (TPSA) is 40.6 Å². The van der Waals surface area contributed by atoms with E-state index in [2.05, 4.69) is 26.0 Å². The summed E-state index contributed by atoms with van der Waals surface area (Å²) in [6, 6.07) is 8.09. The van der Waals surface area contributed by atoms with Crippen molar-refractivity contribution >= 4 is 11.9 Å². The molecule has 4 nitrogen and oxygen atoms in total. The second-order valence-electron chi connectivity index (χ2n) is 7.22. The van der Waals surface area contributed by atoms with Gasteiger partial charge < -0.3 is 4.90 Å². The molecule has 0 radical (unpaired) electrons. The van der Waals surface area contributed by atoms with Gasteiger partial charge in [-0.25, -0.2) is 4.79 Å². The number of carbonyl (C=O) groups excluding carboxylic acids is 2. The maximum atomic E-state index is 12.9. The van der Waals surface area contributed by atoms with Gasteiger partial charge in [-0.2, -0.15) is 0 Å². The third-order valence-corrected chi connectivity index (χ3v) is 5.47. The molecule has 1 saturated heterocycles. The summed E-state index contributed by atoms with van der Waals surface area (Å²) in [5.41, 5.74) is 1.71. The van der Waals surface area contributed by atoms with Crippen LogP contribution in [0.2, 0.25) is 0 Å². The molecule has 0 atom stereocenters. The Labute approximate surface area is 138 Å². The monoisotopic (exact) mass is 314 g/mol. The number of rotatable bonds is 3. The zero-order valence-corrected chi connectivity index (χ0v) is 14.3. The molecule has 0 N–H and O–H groups in total. The first kappa shape index (κ1) is 16.0. The molecule has 124 valence electrons. The summed E-state index contributed by atoms with van der Waals surface area (Å²) in [6.07, 6.45) is 4.82. The molecule has 1 aliphatic heterocycles. The quantitative estimate of drug-likeness (QED) is 0.794. The van der Waals surface area contributed by atoms with Crippen molar-refractivity contribution in [2.75, 3.05) is 7.05 Å². The van der Waals surface area contributed by atoms with Crippen LogP contribution in [0.4, 0.5) is 4.79 Å². The zero-order chi connectivity index (χ0) is 16.6. The van der Waals surface area contributed by atoms with Gasteiger partial charge in [-0.3, -0.25) is 9.69 Å². The van der Waals surface area contributed by atoms with E-state index >= 15 is 0 Å². The fourth-order valence-electron chi connectivity index (χ4n) is 3.86. The number of urea groups is 1. The standard InChI is InChI=1S/C19H26N2O2/c1-14(2)16-9-7-15(8-10-16)13-21-17(22)19(20(3)18(21)23)11-5-4-6-12-19/h7-10,14H,4-6,11-13H2,1-3H3. The fourth-order valence-corrected chi connectivity index (χ4v) is 3.86. The van der Waals surface area contributed by atoms with Crippen molar-refractivity contribution in [3.05, 3.63) is 35.4 Å². The molecule has 2 fully saturated rings. The largest absolute Gasteiger partial charge is 0.327 e. The van der Waals surface area contributed by atoms with Crippen LogP contribution in [0.3, 0.4) is 0 Å². The molecule has 3 rings (SSSR count). The summed E-state index contributed by atoms with van der Waals surface area (Å²) in [4.78, 5) is 28.7. The van der Waals surface area contributed by atoms with E-state index < -0.39 is 5.54 Å². The number of benzene rings is 1. The van der Waals surface area contributed by atoms with Gasteiger partial charge in [0.05, 0.1) is 6.54 Å². The average Bonchev–Trinajstić information content (AvgIpc) is 2.72. The maximum absolute atomic E-state index is 12.9. The van der Waals surface area contributed by atoms with Gasteiger partial charge in [0.1, 0.15) is 5.54 Å². The molecule has 2 aliphatic rings. The van der Waals surface area contributed by atoms with E-state index in [-0.39, 0.29) is 11.9 Å². The van der Waals surface area contributed by atoms with Crippen molar-refractivity contribution in [3.63, 3.8) is 0 Å². The summed E-state index contributed by atoms with van der Waals surface area (Å²) in [6.45, 7) is 4.69. The third-order valence-electron chi connectivity index (χ3n) is 5.47. The zero-order valence-electron chi connectivity index (χ0n) is 14.3. The summed E-state index contributed by atoms with van der Waals surface area (Å²) in [7, 11) is 1.79. The second kappa shape index (κ2) is 5.99. The normalized spacial score (nSPS) is 20.9. The molecular weight excluding hydrogens is 288 g/mol. The predicted molar refractivity (Wildman–Crippen MR) is 90.1 cm³/mol. The fraction of sp³-hybridized carbons (Fsp3) is 0.579. The lowest BCUT2D eigenvalue weighted by Crippen LogP contribution is -2.49. The lowest BCUT2D eigenvalue weighted by atomic mass is 9.80. The summed E-state index contributed by atoms with van der Waals surface area (Å²) >= 11 is 0. The summed E-state index contributed by atoms with van der Waals surface area (Å²) in [5.74, 6) is 0.480. The highest BCUT2D eigenvalue weighted by molar-refractivity contribution is 6.06. The van der Waals surface area contributed by atoms with Crippen LogP contribution in [0.25, 0.3) is 0 Å². The average molecular weight is 314 g/mol. The van der Waals surface area contributed by atoms with E-state index in [1.165, 1.54) is 10.5 Å². The van der Waals surface area contributed by atoms with Gasteiger partial charge in [0.25, 0.3) is 5.91 Å². The lowest BCUT2D eigenvalue weighted by Gasteiger charge is -2.35. The highest BCUT2D eigenvalue weighted by atomic mass is 16.2. The Hall–Kier alpha value is -1.84.